The van der Waals surface area contributed by atoms with Gasteiger partial charge >= 0.3 is 0 Å². The average Bonchev–Trinajstić information content (AvgIpc) is 1.85. The Balaban J connectivity index is 4.17. The minimum Gasteiger partial charge on any atom is -0.387 e. The molecule has 0 aliphatic rings. The minimum atomic E-state index is 0.245. The highest BCUT2D eigenvalue weighted by molar-refractivity contribution is 5.79. The van der Waals surface area contributed by atoms with Crippen LogP contribution in [0.15, 0.2) is 4.99 Å². The van der Waals surface area contributed by atoms with Crippen LogP contribution in [0.3, 0.4) is 0 Å². The van der Waals surface area contributed by atoms with Gasteiger partial charge < -0.3 is 10.2 Å². The predicted molar refractivity (Wildman–Crippen MR) is 49.4 cm³/mol. The van der Waals surface area contributed by atoms with Gasteiger partial charge in [-0.3, -0.25) is 0 Å². The maximum absolute atomic E-state index is 5.61. The van der Waals surface area contributed by atoms with Crippen molar-refractivity contribution in [2.75, 3.05) is 21.1 Å². The molecule has 0 amide bonds. The molecule has 0 aliphatic heterocycles. The fraction of sp³-hybridized carbons (Fsp3) is 0.875. The van der Waals surface area contributed by atoms with Crippen LogP contribution in [0.1, 0.15) is 20.3 Å². The number of nitrogens with zero attached hydrogens (tertiary/aromatic N) is 2. The van der Waals surface area contributed by atoms with E-state index in [4.69, 9.17) is 5.73 Å². The van der Waals surface area contributed by atoms with E-state index < -0.39 is 0 Å². The van der Waals surface area contributed by atoms with Gasteiger partial charge in [0.05, 0.1) is 27.0 Å². The lowest BCUT2D eigenvalue weighted by Gasteiger charge is -2.28. The monoisotopic (exact) mass is 158 g/mol. The molecule has 3 heteroatoms. The fourth-order valence-electron chi connectivity index (χ4n) is 0.504. The molecule has 0 saturated carbocycles. The Hall–Kier alpha value is -0.570. The molecule has 0 spiro atoms. The maximum Gasteiger partial charge on any atom is 0.181 e. The summed E-state index contributed by atoms with van der Waals surface area (Å²) in [6.45, 7) is 4.09. The lowest BCUT2D eigenvalue weighted by atomic mass is 10.4. The maximum atomic E-state index is 5.61. The average molecular weight is 158 g/mol. The van der Waals surface area contributed by atoms with Crippen molar-refractivity contribution >= 4 is 5.84 Å². The SMILES string of the molecule is CC/C(N)=N/C(C)[N+](C)(C)C. The normalized spacial score (nSPS) is 16.6. The second-order valence-electron chi connectivity index (χ2n) is 3.72. The molecule has 0 aliphatic carbocycles. The van der Waals surface area contributed by atoms with Crippen molar-refractivity contribution in [3.63, 3.8) is 0 Å². The van der Waals surface area contributed by atoms with E-state index in [1.165, 1.54) is 0 Å². The zero-order chi connectivity index (χ0) is 9.07. The highest BCUT2D eigenvalue weighted by Crippen LogP contribution is 2.02. The van der Waals surface area contributed by atoms with E-state index in [1.807, 2.05) is 6.92 Å². The lowest BCUT2D eigenvalue weighted by Crippen LogP contribution is -2.43. The molecule has 3 nitrogen and oxygen atoms in total. The number of hydrogen-bond donors (Lipinski definition) is 1. The zero-order valence-electron chi connectivity index (χ0n) is 8.26. The van der Waals surface area contributed by atoms with Gasteiger partial charge in [-0.1, -0.05) is 6.92 Å². The first-order valence-electron chi connectivity index (χ1n) is 4.01. The predicted octanol–water partition coefficient (Wildman–Crippen LogP) is 0.806. The van der Waals surface area contributed by atoms with Crippen molar-refractivity contribution < 1.29 is 4.48 Å². The summed E-state index contributed by atoms with van der Waals surface area (Å²) in [5.41, 5.74) is 5.61. The molecule has 0 aromatic carbocycles. The first-order chi connectivity index (χ1) is 4.88. The molecule has 0 radical (unpaired) electrons. The number of hydrogen-bond acceptors (Lipinski definition) is 1. The summed E-state index contributed by atoms with van der Waals surface area (Å²) in [7, 11) is 6.32. The van der Waals surface area contributed by atoms with E-state index in [0.29, 0.717) is 0 Å². The van der Waals surface area contributed by atoms with Crippen molar-refractivity contribution in [3.05, 3.63) is 0 Å². The fourth-order valence-corrected chi connectivity index (χ4v) is 0.504. The quantitative estimate of drug-likeness (QED) is 0.368. The van der Waals surface area contributed by atoms with Gasteiger partial charge in [0.2, 0.25) is 0 Å². The molecule has 1 atom stereocenters. The smallest absolute Gasteiger partial charge is 0.181 e. The van der Waals surface area contributed by atoms with Crippen LogP contribution in [0, 0.1) is 0 Å². The summed E-state index contributed by atoms with van der Waals surface area (Å²) < 4.78 is 0.820. The summed E-state index contributed by atoms with van der Waals surface area (Å²) in [4.78, 5) is 4.33. The molecule has 0 heterocycles. The minimum absolute atomic E-state index is 0.245. The summed E-state index contributed by atoms with van der Waals surface area (Å²) >= 11 is 0. The summed E-state index contributed by atoms with van der Waals surface area (Å²) in [5, 5.41) is 0. The van der Waals surface area contributed by atoms with Gasteiger partial charge in [0.25, 0.3) is 0 Å². The molecule has 0 bridgehead atoms. The van der Waals surface area contributed by atoms with Crippen LogP contribution in [0.2, 0.25) is 0 Å². The van der Waals surface area contributed by atoms with E-state index in [2.05, 4.69) is 33.1 Å². The second kappa shape index (κ2) is 3.72. The van der Waals surface area contributed by atoms with Crippen molar-refractivity contribution in [1.29, 1.82) is 0 Å². The van der Waals surface area contributed by atoms with Crippen LogP contribution in [-0.2, 0) is 0 Å². The van der Waals surface area contributed by atoms with Crippen molar-refractivity contribution in [1.82, 2.24) is 0 Å². The van der Waals surface area contributed by atoms with Gasteiger partial charge in [0.1, 0.15) is 0 Å². The van der Waals surface area contributed by atoms with E-state index in [0.717, 1.165) is 16.7 Å². The third kappa shape index (κ3) is 3.98. The van der Waals surface area contributed by atoms with Crippen molar-refractivity contribution in [3.8, 4) is 0 Å². The standard InChI is InChI=1S/C8H20N3/c1-6-8(9)10-7(2)11(3,4)5/h7H,6H2,1-5H3,(H2,9,10)/q+1. The third-order valence-corrected chi connectivity index (χ3v) is 1.84. The number of aliphatic imine (C=N–C) groups is 1. The molecule has 0 aromatic rings. The van der Waals surface area contributed by atoms with E-state index in [-0.39, 0.29) is 6.17 Å². The van der Waals surface area contributed by atoms with E-state index >= 15 is 0 Å². The molecule has 0 saturated heterocycles. The van der Waals surface area contributed by atoms with Crippen LogP contribution in [0.25, 0.3) is 0 Å². The summed E-state index contributed by atoms with van der Waals surface area (Å²) in [5.74, 6) is 0.741. The summed E-state index contributed by atoms with van der Waals surface area (Å²) in [6, 6.07) is 0. The van der Waals surface area contributed by atoms with Gasteiger partial charge in [0.15, 0.2) is 6.17 Å². The Morgan fingerprint density at radius 3 is 2.18 bits per heavy atom. The highest BCUT2D eigenvalue weighted by atomic mass is 15.4. The van der Waals surface area contributed by atoms with Crippen LogP contribution < -0.4 is 5.73 Å². The number of nitrogens with two attached hydrogens (primary N) is 1. The Morgan fingerprint density at radius 1 is 1.45 bits per heavy atom. The molecule has 0 aromatic heterocycles. The molecule has 11 heavy (non-hydrogen) atoms. The largest absolute Gasteiger partial charge is 0.387 e. The van der Waals surface area contributed by atoms with Crippen LogP contribution in [-0.4, -0.2) is 37.6 Å². The molecule has 0 rings (SSSR count). The number of rotatable bonds is 3. The van der Waals surface area contributed by atoms with E-state index in [9.17, 15) is 0 Å². The first-order valence-corrected chi connectivity index (χ1v) is 4.01. The Kier molecular flexibility index (Phi) is 3.52. The topological polar surface area (TPSA) is 38.4 Å². The van der Waals surface area contributed by atoms with Crippen molar-refractivity contribution in [2.24, 2.45) is 10.7 Å². The summed E-state index contributed by atoms with van der Waals surface area (Å²) in [6.07, 6.45) is 1.08. The molecular weight excluding hydrogens is 138 g/mol. The van der Waals surface area contributed by atoms with Crippen LogP contribution >= 0.6 is 0 Å². The number of amidine groups is 1. The van der Waals surface area contributed by atoms with E-state index in [1.54, 1.807) is 0 Å². The Bertz CT molecular complexity index is 144. The van der Waals surface area contributed by atoms with Gasteiger partial charge in [-0.2, -0.15) is 0 Å². The van der Waals surface area contributed by atoms with Crippen LogP contribution in [0.5, 0.6) is 0 Å². The Morgan fingerprint density at radius 2 is 1.91 bits per heavy atom. The van der Waals surface area contributed by atoms with Gasteiger partial charge in [-0.05, 0) is 0 Å². The third-order valence-electron chi connectivity index (χ3n) is 1.84. The zero-order valence-corrected chi connectivity index (χ0v) is 8.26. The number of quaternary nitrogens is 1. The molecule has 2 N–H and O–H groups in total. The van der Waals surface area contributed by atoms with Gasteiger partial charge in [-0.15, -0.1) is 0 Å². The van der Waals surface area contributed by atoms with Crippen LogP contribution in [0.4, 0.5) is 0 Å². The second-order valence-corrected chi connectivity index (χ2v) is 3.72. The van der Waals surface area contributed by atoms with Gasteiger partial charge in [0, 0.05) is 13.3 Å². The van der Waals surface area contributed by atoms with Crippen molar-refractivity contribution in [2.45, 2.75) is 26.4 Å². The highest BCUT2D eigenvalue weighted by Gasteiger charge is 2.16. The first kappa shape index (κ1) is 10.4. The molecule has 1 unspecified atom stereocenters. The molecular formula is C8H20N3+. The molecule has 0 fully saturated rings. The van der Waals surface area contributed by atoms with Gasteiger partial charge in [-0.25, -0.2) is 4.99 Å². The lowest BCUT2D eigenvalue weighted by molar-refractivity contribution is -0.893. The Labute approximate surface area is 69.5 Å². The molecule has 66 valence electrons.